The maximum absolute atomic E-state index is 3.64. The molecule has 1 aliphatic heterocycles. The zero-order valence-electron chi connectivity index (χ0n) is 2.39. The molecule has 0 aromatic carbocycles. The van der Waals surface area contributed by atoms with Crippen molar-refractivity contribution >= 4 is 17.8 Å². The third kappa shape index (κ3) is 0.881. The van der Waals surface area contributed by atoms with Crippen LogP contribution in [0, 0.1) is 0 Å². The van der Waals surface area contributed by atoms with E-state index in [1.807, 2.05) is 0 Å². The first-order chi connectivity index (χ1) is 2.50. The van der Waals surface area contributed by atoms with Gasteiger partial charge in [-0.15, -0.1) is 0 Å². The van der Waals surface area contributed by atoms with Crippen LogP contribution in [0.4, 0.5) is 0 Å². The second-order valence-electron chi connectivity index (χ2n) is 0.549. The van der Waals surface area contributed by atoms with Gasteiger partial charge in [-0.1, -0.05) is 0 Å². The number of nitrogens with zero attached hydrogens (tertiary/aromatic N) is 2. The maximum Gasteiger partial charge on any atom is 0.102 e. The van der Waals surface area contributed by atoms with Gasteiger partial charge in [-0.05, 0) is 0 Å². The van der Waals surface area contributed by atoms with Crippen molar-refractivity contribution in [3.8, 4) is 0 Å². The van der Waals surface area contributed by atoms with Crippen molar-refractivity contribution in [2.45, 2.75) is 0 Å². The molecular formula is H3N3P2. The van der Waals surface area contributed by atoms with Gasteiger partial charge >= 0.3 is 0 Å². The van der Waals surface area contributed by atoms with Gasteiger partial charge in [-0.25, -0.2) is 4.86 Å². The van der Waals surface area contributed by atoms with Crippen LogP contribution >= 0.6 is 17.8 Å². The van der Waals surface area contributed by atoms with Gasteiger partial charge in [0.05, 0.1) is 0 Å². The summed E-state index contributed by atoms with van der Waals surface area (Å²) in [4.78, 5) is 10.2. The predicted molar refractivity (Wildman–Crippen MR) is 24.6 cm³/mol. The minimum atomic E-state index is 0.529. The molecule has 0 saturated carbocycles. The van der Waals surface area contributed by atoms with Crippen LogP contribution in [0.25, 0.3) is 0 Å². The lowest BCUT2D eigenvalue weighted by Crippen LogP contribution is -1.65. The Balaban J connectivity index is 2.32. The molecule has 5 heteroatoms. The minimum absolute atomic E-state index is 0.529. The molecule has 0 aromatic rings. The van der Waals surface area contributed by atoms with Crippen molar-refractivity contribution in [2.75, 3.05) is 0 Å². The molecule has 2 unspecified atom stereocenters. The normalized spacial score (nSPS) is 30.4. The maximum atomic E-state index is 3.64. The lowest BCUT2D eigenvalue weighted by molar-refractivity contribution is 1.54. The zero-order valence-corrected chi connectivity index (χ0v) is 4.39. The van der Waals surface area contributed by atoms with Crippen molar-refractivity contribution in [3.63, 3.8) is 0 Å². The third-order valence-corrected chi connectivity index (χ3v) is 1.76. The van der Waals surface area contributed by atoms with E-state index in [0.29, 0.717) is 17.8 Å². The fraction of sp³-hybridized carbons (Fsp3) is 0. The van der Waals surface area contributed by atoms with E-state index in [4.69, 9.17) is 0 Å². The Kier molecular flexibility index (Phi) is 1.27. The number of nitrogens with one attached hydrogen (secondary N) is 1. The SMILES string of the molecule is N1=NPNP1. The average Bonchev–Trinajstić information content (AvgIpc) is 1.76. The summed E-state index contributed by atoms with van der Waals surface area (Å²) in [5.41, 5.74) is 0. The van der Waals surface area contributed by atoms with Crippen molar-refractivity contribution in [3.05, 3.63) is 0 Å². The lowest BCUT2D eigenvalue weighted by Gasteiger charge is -1.70. The van der Waals surface area contributed by atoms with E-state index < -0.39 is 0 Å². The highest BCUT2D eigenvalue weighted by Gasteiger charge is 1.84. The molecule has 5 heavy (non-hydrogen) atoms. The van der Waals surface area contributed by atoms with Gasteiger partial charge < -0.3 is 0 Å². The minimum Gasteiger partial charge on any atom is -0.239 e. The van der Waals surface area contributed by atoms with Gasteiger partial charge in [0.1, 0.15) is 17.8 Å². The van der Waals surface area contributed by atoms with Crippen LogP contribution in [0.2, 0.25) is 0 Å². The van der Waals surface area contributed by atoms with Crippen LogP contribution in [0.5, 0.6) is 0 Å². The zero-order chi connectivity index (χ0) is 3.54. The van der Waals surface area contributed by atoms with Gasteiger partial charge in [0.25, 0.3) is 0 Å². The Morgan fingerprint density at radius 3 is 2.00 bits per heavy atom. The molecule has 28 valence electrons. The summed E-state index contributed by atoms with van der Waals surface area (Å²) in [7, 11) is 1.06. The highest BCUT2D eigenvalue weighted by atomic mass is 31.2. The van der Waals surface area contributed by atoms with E-state index in [-0.39, 0.29) is 0 Å². The average molecular weight is 107 g/mol. The molecule has 1 rings (SSSR count). The summed E-state index contributed by atoms with van der Waals surface area (Å²) in [6.45, 7) is 0. The number of rotatable bonds is 0. The summed E-state index contributed by atoms with van der Waals surface area (Å²) in [5.74, 6) is 0. The molecule has 0 aromatic heterocycles. The summed E-state index contributed by atoms with van der Waals surface area (Å²) in [6.07, 6.45) is 0. The lowest BCUT2D eigenvalue weighted by atomic mass is 13.2. The topological polar surface area (TPSA) is 36.8 Å². The molecule has 0 bridgehead atoms. The van der Waals surface area contributed by atoms with Crippen LogP contribution < -0.4 is 4.86 Å². The Bertz CT molecular complexity index is 42.9. The van der Waals surface area contributed by atoms with Crippen molar-refractivity contribution in [2.24, 2.45) is 9.77 Å². The van der Waals surface area contributed by atoms with E-state index >= 15 is 0 Å². The van der Waals surface area contributed by atoms with E-state index in [1.54, 1.807) is 0 Å². The number of hydrogen-bond acceptors (Lipinski definition) is 3. The van der Waals surface area contributed by atoms with Gasteiger partial charge in [-0.2, -0.15) is 9.77 Å². The van der Waals surface area contributed by atoms with E-state index in [0.717, 1.165) is 0 Å². The van der Waals surface area contributed by atoms with E-state index in [2.05, 4.69) is 14.6 Å². The monoisotopic (exact) mass is 107 g/mol. The molecule has 1 heterocycles. The van der Waals surface area contributed by atoms with Crippen LogP contribution in [0.3, 0.4) is 0 Å². The smallest absolute Gasteiger partial charge is 0.102 e. The van der Waals surface area contributed by atoms with Crippen LogP contribution in [-0.4, -0.2) is 0 Å². The molecule has 3 nitrogen and oxygen atoms in total. The molecule has 0 fully saturated rings. The van der Waals surface area contributed by atoms with Gasteiger partial charge in [0.15, 0.2) is 0 Å². The quantitative estimate of drug-likeness (QED) is 0.461. The first kappa shape index (κ1) is 3.60. The van der Waals surface area contributed by atoms with Gasteiger partial charge in [0, 0.05) is 0 Å². The summed E-state index contributed by atoms with van der Waals surface area (Å²) in [6, 6.07) is 0. The first-order valence-corrected chi connectivity index (χ1v) is 3.04. The fourth-order valence-corrected chi connectivity index (χ4v) is 1.12. The molecule has 1 aliphatic rings. The molecule has 0 aliphatic carbocycles. The van der Waals surface area contributed by atoms with Crippen molar-refractivity contribution < 1.29 is 0 Å². The second kappa shape index (κ2) is 1.76. The highest BCUT2D eigenvalue weighted by Crippen LogP contribution is 2.26. The molecule has 0 saturated heterocycles. The van der Waals surface area contributed by atoms with Crippen molar-refractivity contribution in [1.29, 1.82) is 0 Å². The van der Waals surface area contributed by atoms with E-state index in [1.165, 1.54) is 0 Å². The summed E-state index contributed by atoms with van der Waals surface area (Å²) in [5, 5.41) is 0. The third-order valence-electron chi connectivity index (χ3n) is 0.262. The Labute approximate surface area is 33.4 Å². The Morgan fingerprint density at radius 1 is 1.20 bits per heavy atom. The molecule has 0 radical (unpaired) electrons. The predicted octanol–water partition coefficient (Wildman–Crippen LogP) is 1.06. The Morgan fingerprint density at radius 2 is 1.80 bits per heavy atom. The van der Waals surface area contributed by atoms with E-state index in [9.17, 15) is 0 Å². The largest absolute Gasteiger partial charge is 0.239 e. The molecular weight excluding hydrogens is 104 g/mol. The molecule has 0 spiro atoms. The standard InChI is InChI=1S/H3N3P2/c1-2-5-3-4-1/h3-5H. The number of hydrogen-bond donors (Lipinski definition) is 1. The fourth-order valence-electron chi connectivity index (χ4n) is 0.125. The van der Waals surface area contributed by atoms with Gasteiger partial charge in [-0.3, -0.25) is 0 Å². The van der Waals surface area contributed by atoms with Crippen LogP contribution in [0.1, 0.15) is 0 Å². The second-order valence-corrected chi connectivity index (χ2v) is 2.40. The Hall–Kier alpha value is 0.420. The molecule has 2 atom stereocenters. The van der Waals surface area contributed by atoms with Crippen LogP contribution in [-0.2, 0) is 0 Å². The van der Waals surface area contributed by atoms with Crippen molar-refractivity contribution in [1.82, 2.24) is 4.86 Å². The highest BCUT2D eigenvalue weighted by molar-refractivity contribution is 7.52. The van der Waals surface area contributed by atoms with Crippen LogP contribution in [0.15, 0.2) is 9.77 Å². The summed E-state index contributed by atoms with van der Waals surface area (Å²) < 4.78 is 0. The molecule has 1 N–H and O–H groups in total. The van der Waals surface area contributed by atoms with Gasteiger partial charge in [0.2, 0.25) is 0 Å². The first-order valence-electron chi connectivity index (χ1n) is 1.15. The molecule has 0 amide bonds. The summed E-state index contributed by atoms with van der Waals surface area (Å²) >= 11 is 0.